The molecule has 0 spiro atoms. The lowest BCUT2D eigenvalue weighted by Gasteiger charge is -2.11. The van der Waals surface area contributed by atoms with E-state index in [1.54, 1.807) is 12.1 Å². The molecule has 2 aromatic heterocycles. The molecule has 5 rings (SSSR count). The second-order valence-electron chi connectivity index (χ2n) is 6.58. The highest BCUT2D eigenvalue weighted by Crippen LogP contribution is 2.39. The van der Waals surface area contributed by atoms with E-state index in [9.17, 15) is 0 Å². The predicted octanol–water partition coefficient (Wildman–Crippen LogP) is 8.54. The maximum atomic E-state index is 6.10. The van der Waals surface area contributed by atoms with Crippen LogP contribution in [0, 0.1) is 0 Å². The summed E-state index contributed by atoms with van der Waals surface area (Å²) in [5, 5.41) is 19.9. The number of nitrogens with two attached hydrogens (primary N) is 1. The second kappa shape index (κ2) is 11.2. The SMILES string of the molecule is C.Clc1nnc(Cl)c2ccccc12.Nc1cc(Cl)c(Oc2nnc(Cl)c3ccccc23)c(Cl)c1. The zero-order chi connectivity index (χ0) is 23.5. The Kier molecular flexibility index (Phi) is 8.57. The predicted molar refractivity (Wildman–Crippen MR) is 142 cm³/mol. The van der Waals surface area contributed by atoms with Gasteiger partial charge >= 0.3 is 0 Å². The fourth-order valence-electron chi connectivity index (χ4n) is 2.93. The van der Waals surface area contributed by atoms with Crippen molar-refractivity contribution in [1.29, 1.82) is 0 Å². The number of nitrogen functional groups attached to an aromatic ring is 1. The first-order chi connectivity index (χ1) is 15.8. The van der Waals surface area contributed by atoms with Gasteiger partial charge in [-0.05, 0) is 18.2 Å². The molecular formula is C23H16Cl5N5O. The lowest BCUT2D eigenvalue weighted by molar-refractivity contribution is 0.462. The molecule has 2 N–H and O–H groups in total. The maximum absolute atomic E-state index is 6.10. The normalized spacial score (nSPS) is 10.4. The second-order valence-corrected chi connectivity index (χ2v) is 8.47. The van der Waals surface area contributed by atoms with Crippen LogP contribution in [0.3, 0.4) is 0 Å². The van der Waals surface area contributed by atoms with Crippen molar-refractivity contribution in [3.63, 3.8) is 0 Å². The van der Waals surface area contributed by atoms with Crippen molar-refractivity contribution < 1.29 is 4.74 Å². The van der Waals surface area contributed by atoms with Crippen LogP contribution >= 0.6 is 58.0 Å². The number of benzene rings is 3. The first-order valence-electron chi connectivity index (χ1n) is 9.25. The van der Waals surface area contributed by atoms with Crippen molar-refractivity contribution in [2.24, 2.45) is 0 Å². The summed E-state index contributed by atoms with van der Waals surface area (Å²) in [7, 11) is 0. The van der Waals surface area contributed by atoms with Gasteiger partial charge in [-0.2, -0.15) is 0 Å². The zero-order valence-electron chi connectivity index (χ0n) is 16.4. The van der Waals surface area contributed by atoms with Crippen LogP contribution in [0.1, 0.15) is 7.43 Å². The molecule has 0 fully saturated rings. The molecule has 0 atom stereocenters. The van der Waals surface area contributed by atoms with Crippen molar-refractivity contribution in [3.05, 3.63) is 86.2 Å². The number of nitrogens with zero attached hydrogens (tertiary/aromatic N) is 4. The fourth-order valence-corrected chi connectivity index (χ4v) is 4.12. The third-order valence-corrected chi connectivity index (χ3v) is 5.82. The number of hydrogen-bond acceptors (Lipinski definition) is 6. The molecule has 11 heteroatoms. The zero-order valence-corrected chi connectivity index (χ0v) is 20.2. The van der Waals surface area contributed by atoms with Crippen molar-refractivity contribution in [2.45, 2.75) is 7.43 Å². The van der Waals surface area contributed by atoms with Crippen LogP contribution in [0.25, 0.3) is 21.5 Å². The summed E-state index contributed by atoms with van der Waals surface area (Å²) in [6, 6.07) is 17.9. The molecule has 0 saturated heterocycles. The van der Waals surface area contributed by atoms with E-state index in [1.165, 1.54) is 0 Å². The van der Waals surface area contributed by atoms with E-state index in [1.807, 2.05) is 48.5 Å². The van der Waals surface area contributed by atoms with Crippen LogP contribution in [0.15, 0.2) is 60.7 Å². The van der Waals surface area contributed by atoms with E-state index in [-0.39, 0.29) is 19.1 Å². The third kappa shape index (κ3) is 5.54. The van der Waals surface area contributed by atoms with E-state index < -0.39 is 0 Å². The first kappa shape index (κ1) is 26.0. The Morgan fingerprint density at radius 3 is 1.44 bits per heavy atom. The van der Waals surface area contributed by atoms with E-state index in [4.69, 9.17) is 68.5 Å². The van der Waals surface area contributed by atoms with Crippen molar-refractivity contribution in [3.8, 4) is 11.6 Å². The molecule has 2 heterocycles. The Hall–Kier alpha value is -2.61. The number of halogens is 5. The fraction of sp³-hybridized carbons (Fsp3) is 0.0435. The van der Waals surface area contributed by atoms with Gasteiger partial charge in [-0.15, -0.1) is 20.4 Å². The molecule has 0 amide bonds. The molecule has 174 valence electrons. The van der Waals surface area contributed by atoms with Gasteiger partial charge in [0.05, 0.1) is 10.0 Å². The summed E-state index contributed by atoms with van der Waals surface area (Å²) in [6.07, 6.45) is 0. The van der Waals surface area contributed by atoms with Crippen LogP contribution in [0.4, 0.5) is 5.69 Å². The molecule has 0 radical (unpaired) electrons. The molecule has 0 aliphatic rings. The molecule has 0 saturated carbocycles. The Bertz CT molecular complexity index is 1420. The van der Waals surface area contributed by atoms with Gasteiger partial charge in [0.2, 0.25) is 5.88 Å². The lowest BCUT2D eigenvalue weighted by atomic mass is 10.2. The van der Waals surface area contributed by atoms with Crippen molar-refractivity contribution >= 4 is 85.2 Å². The Morgan fingerprint density at radius 2 is 0.971 bits per heavy atom. The van der Waals surface area contributed by atoms with Gasteiger partial charge in [-0.3, -0.25) is 0 Å². The van der Waals surface area contributed by atoms with E-state index in [0.717, 1.165) is 16.2 Å². The summed E-state index contributed by atoms with van der Waals surface area (Å²) in [5.74, 6) is 0.540. The van der Waals surface area contributed by atoms with Gasteiger partial charge in [0.25, 0.3) is 0 Å². The minimum atomic E-state index is 0. The van der Waals surface area contributed by atoms with Gasteiger partial charge in [0, 0.05) is 27.2 Å². The minimum Gasteiger partial charge on any atom is -0.434 e. The number of rotatable bonds is 2. The quantitative estimate of drug-likeness (QED) is 0.220. The highest BCUT2D eigenvalue weighted by molar-refractivity contribution is 6.38. The highest BCUT2D eigenvalue weighted by Gasteiger charge is 2.14. The molecule has 0 aliphatic heterocycles. The Morgan fingerprint density at radius 1 is 0.588 bits per heavy atom. The summed E-state index contributed by atoms with van der Waals surface area (Å²) < 4.78 is 5.71. The molecule has 0 unspecified atom stereocenters. The summed E-state index contributed by atoms with van der Waals surface area (Å²) >= 11 is 29.8. The number of anilines is 1. The monoisotopic (exact) mass is 553 g/mol. The van der Waals surface area contributed by atoms with Crippen LogP contribution < -0.4 is 10.5 Å². The average molecular weight is 556 g/mol. The lowest BCUT2D eigenvalue weighted by Crippen LogP contribution is -1.95. The smallest absolute Gasteiger partial charge is 0.247 e. The maximum Gasteiger partial charge on any atom is 0.247 e. The van der Waals surface area contributed by atoms with Gasteiger partial charge in [-0.25, -0.2) is 0 Å². The molecular weight excluding hydrogens is 540 g/mol. The standard InChI is InChI=1S/C14H8Cl3N3O.C8H4Cl2N2.CH4/c15-10-5-7(18)6-11(16)12(10)21-14-9-4-2-1-3-8(9)13(17)19-20-14;9-7-5-3-1-2-4-6(5)8(10)12-11-7;/h1-6H,18H2;1-4H;1H4. The van der Waals surface area contributed by atoms with Gasteiger partial charge in [0.1, 0.15) is 0 Å². The van der Waals surface area contributed by atoms with Gasteiger partial charge in [0.15, 0.2) is 21.2 Å². The molecule has 0 aliphatic carbocycles. The first-order valence-corrected chi connectivity index (χ1v) is 11.1. The highest BCUT2D eigenvalue weighted by atomic mass is 35.5. The summed E-state index contributed by atoms with van der Waals surface area (Å²) in [5.41, 5.74) is 6.11. The van der Waals surface area contributed by atoms with Crippen LogP contribution in [-0.2, 0) is 0 Å². The number of hydrogen-bond donors (Lipinski definition) is 1. The molecule has 6 nitrogen and oxygen atoms in total. The van der Waals surface area contributed by atoms with E-state index in [2.05, 4.69) is 20.4 Å². The topological polar surface area (TPSA) is 86.8 Å². The van der Waals surface area contributed by atoms with Crippen molar-refractivity contribution in [2.75, 3.05) is 5.73 Å². The summed E-state index contributed by atoms with van der Waals surface area (Å²) in [4.78, 5) is 0. The largest absolute Gasteiger partial charge is 0.434 e. The number of ether oxygens (including phenoxy) is 1. The average Bonchev–Trinajstić information content (AvgIpc) is 2.81. The minimum absolute atomic E-state index is 0. The molecule has 5 aromatic rings. The van der Waals surface area contributed by atoms with Crippen LogP contribution in [0.2, 0.25) is 25.5 Å². The number of fused-ring (bicyclic) bond motifs is 2. The Balaban J connectivity index is 0.000000212. The van der Waals surface area contributed by atoms with E-state index in [0.29, 0.717) is 36.6 Å². The third-order valence-electron chi connectivity index (χ3n) is 4.42. The van der Waals surface area contributed by atoms with Crippen molar-refractivity contribution in [1.82, 2.24) is 20.4 Å². The van der Waals surface area contributed by atoms with Crippen LogP contribution in [0.5, 0.6) is 11.6 Å². The number of aromatic nitrogens is 4. The molecule has 3 aromatic carbocycles. The van der Waals surface area contributed by atoms with Crippen LogP contribution in [-0.4, -0.2) is 20.4 Å². The van der Waals surface area contributed by atoms with Gasteiger partial charge in [-0.1, -0.05) is 108 Å². The Labute approximate surface area is 220 Å². The summed E-state index contributed by atoms with van der Waals surface area (Å²) in [6.45, 7) is 0. The molecule has 34 heavy (non-hydrogen) atoms. The van der Waals surface area contributed by atoms with E-state index >= 15 is 0 Å². The molecule has 0 bridgehead atoms. The van der Waals surface area contributed by atoms with Gasteiger partial charge < -0.3 is 10.5 Å².